The van der Waals surface area contributed by atoms with Gasteiger partial charge in [0.2, 0.25) is 5.91 Å². The van der Waals surface area contributed by atoms with E-state index in [-0.39, 0.29) is 5.91 Å². The van der Waals surface area contributed by atoms with E-state index < -0.39 is 0 Å². The summed E-state index contributed by atoms with van der Waals surface area (Å²) in [7, 11) is 1.91. The van der Waals surface area contributed by atoms with Crippen LogP contribution in [0.2, 0.25) is 0 Å². The van der Waals surface area contributed by atoms with Gasteiger partial charge in [0, 0.05) is 20.1 Å². The summed E-state index contributed by atoms with van der Waals surface area (Å²) in [6.45, 7) is 2.10. The van der Waals surface area contributed by atoms with Gasteiger partial charge in [0.1, 0.15) is 18.0 Å². The van der Waals surface area contributed by atoms with E-state index in [1.165, 1.54) is 0 Å². The van der Waals surface area contributed by atoms with Crippen LogP contribution in [0.1, 0.15) is 12.8 Å². The molecule has 6 nitrogen and oxygen atoms in total. The normalized spacial score (nSPS) is 14.2. The molecular weight excluding hydrogens is 314 g/mol. The Morgan fingerprint density at radius 2 is 1.92 bits per heavy atom. The minimum Gasteiger partial charge on any atom is -0.350 e. The Labute approximate surface area is 146 Å². The number of likely N-dealkylation sites (tertiary alicyclic amines) is 1. The Morgan fingerprint density at radius 1 is 1.12 bits per heavy atom. The van der Waals surface area contributed by atoms with Gasteiger partial charge in [-0.2, -0.15) is 0 Å². The summed E-state index contributed by atoms with van der Waals surface area (Å²) in [6, 6.07) is 13.8. The molecule has 4 rings (SSSR count). The van der Waals surface area contributed by atoms with Crippen LogP contribution in [0, 0.1) is 0 Å². The first kappa shape index (κ1) is 15.6. The maximum Gasteiger partial charge on any atom is 0.242 e. The third kappa shape index (κ3) is 3.07. The van der Waals surface area contributed by atoms with E-state index in [4.69, 9.17) is 4.98 Å². The van der Waals surface area contributed by atoms with Gasteiger partial charge in [0.25, 0.3) is 0 Å². The Kier molecular flexibility index (Phi) is 4.09. The van der Waals surface area contributed by atoms with Crippen molar-refractivity contribution < 1.29 is 4.79 Å². The van der Waals surface area contributed by atoms with E-state index in [0.717, 1.165) is 48.6 Å². The van der Waals surface area contributed by atoms with Crippen molar-refractivity contribution in [2.75, 3.05) is 31.6 Å². The predicted molar refractivity (Wildman–Crippen MR) is 97.9 cm³/mol. The Morgan fingerprint density at radius 3 is 2.76 bits per heavy atom. The molecule has 6 heteroatoms. The number of carbonyl (C=O) groups excluding carboxylic acids is 1. The van der Waals surface area contributed by atoms with Gasteiger partial charge in [-0.1, -0.05) is 18.2 Å². The molecule has 0 bridgehead atoms. The number of hydrogen-bond donors (Lipinski definition) is 0. The molecule has 0 spiro atoms. The highest BCUT2D eigenvalue weighted by Gasteiger charge is 2.19. The molecule has 0 radical (unpaired) electrons. The van der Waals surface area contributed by atoms with E-state index in [2.05, 4.69) is 4.98 Å². The van der Waals surface area contributed by atoms with Gasteiger partial charge in [-0.15, -0.1) is 0 Å². The maximum atomic E-state index is 12.4. The molecule has 2 aromatic heterocycles. The number of rotatable bonds is 4. The molecule has 0 saturated carbocycles. The lowest BCUT2D eigenvalue weighted by molar-refractivity contribution is -0.128. The number of hydrogen-bond acceptors (Lipinski definition) is 4. The molecule has 128 valence electrons. The molecule has 1 aliphatic rings. The molecule has 1 aromatic carbocycles. The lowest BCUT2D eigenvalue weighted by Crippen LogP contribution is -2.37. The first-order valence-corrected chi connectivity index (χ1v) is 8.61. The van der Waals surface area contributed by atoms with E-state index in [0.29, 0.717) is 6.54 Å². The molecular formula is C19H21N5O. The zero-order valence-electron chi connectivity index (χ0n) is 14.3. The minimum atomic E-state index is 0.167. The van der Waals surface area contributed by atoms with Crippen LogP contribution in [-0.4, -0.2) is 52.0 Å². The van der Waals surface area contributed by atoms with Crippen molar-refractivity contribution in [1.29, 1.82) is 0 Å². The van der Waals surface area contributed by atoms with Gasteiger partial charge < -0.3 is 9.80 Å². The highest BCUT2D eigenvalue weighted by atomic mass is 16.2. The SMILES string of the molecule is CN(CC(=O)N1CCCC1)c1cccc(-n2cnc3ccccc32)n1. The topological polar surface area (TPSA) is 54.3 Å². The maximum absolute atomic E-state index is 12.4. The second kappa shape index (κ2) is 6.55. The van der Waals surface area contributed by atoms with Crippen molar-refractivity contribution in [2.45, 2.75) is 12.8 Å². The number of carbonyl (C=O) groups is 1. The largest absolute Gasteiger partial charge is 0.350 e. The van der Waals surface area contributed by atoms with Crippen molar-refractivity contribution in [3.8, 4) is 5.82 Å². The minimum absolute atomic E-state index is 0.167. The number of amides is 1. The van der Waals surface area contributed by atoms with Gasteiger partial charge in [-0.25, -0.2) is 9.97 Å². The van der Waals surface area contributed by atoms with Gasteiger partial charge >= 0.3 is 0 Å². The van der Waals surface area contributed by atoms with Crippen molar-refractivity contribution in [3.05, 3.63) is 48.8 Å². The summed E-state index contributed by atoms with van der Waals surface area (Å²) >= 11 is 0. The van der Waals surface area contributed by atoms with Crippen LogP contribution in [-0.2, 0) is 4.79 Å². The molecule has 0 unspecified atom stereocenters. The third-order valence-corrected chi connectivity index (χ3v) is 4.64. The summed E-state index contributed by atoms with van der Waals surface area (Å²) in [4.78, 5) is 25.3. The zero-order chi connectivity index (χ0) is 17.2. The van der Waals surface area contributed by atoms with Crippen LogP contribution in [0.4, 0.5) is 5.82 Å². The van der Waals surface area contributed by atoms with E-state index in [1.807, 2.05) is 63.9 Å². The zero-order valence-corrected chi connectivity index (χ0v) is 14.3. The number of para-hydroxylation sites is 2. The standard InChI is InChI=1S/C19H21N5O/c1-22(13-19(25)23-11-4-5-12-23)17-9-6-10-18(21-17)24-14-20-15-7-2-3-8-16(15)24/h2-3,6-10,14H,4-5,11-13H2,1H3. The number of imidazole rings is 1. The van der Waals surface area contributed by atoms with Crippen molar-refractivity contribution >= 4 is 22.8 Å². The monoisotopic (exact) mass is 335 g/mol. The third-order valence-electron chi connectivity index (χ3n) is 4.64. The number of anilines is 1. The molecule has 25 heavy (non-hydrogen) atoms. The van der Waals surface area contributed by atoms with Crippen LogP contribution < -0.4 is 4.90 Å². The molecule has 0 atom stereocenters. The first-order valence-electron chi connectivity index (χ1n) is 8.61. The fourth-order valence-electron chi connectivity index (χ4n) is 3.25. The van der Waals surface area contributed by atoms with Crippen LogP contribution in [0.25, 0.3) is 16.9 Å². The van der Waals surface area contributed by atoms with E-state index in [9.17, 15) is 4.79 Å². The molecule has 0 N–H and O–H groups in total. The Balaban J connectivity index is 1.57. The Bertz CT molecular complexity index is 897. The van der Waals surface area contributed by atoms with Gasteiger partial charge in [-0.3, -0.25) is 9.36 Å². The number of likely N-dealkylation sites (N-methyl/N-ethyl adjacent to an activating group) is 1. The summed E-state index contributed by atoms with van der Waals surface area (Å²) in [5, 5.41) is 0. The second-order valence-corrected chi connectivity index (χ2v) is 6.40. The van der Waals surface area contributed by atoms with Crippen molar-refractivity contribution in [3.63, 3.8) is 0 Å². The smallest absolute Gasteiger partial charge is 0.242 e. The summed E-state index contributed by atoms with van der Waals surface area (Å²) < 4.78 is 1.97. The molecule has 1 aliphatic heterocycles. The van der Waals surface area contributed by atoms with Crippen LogP contribution >= 0.6 is 0 Å². The number of fused-ring (bicyclic) bond motifs is 1. The molecule has 1 saturated heterocycles. The number of nitrogens with zero attached hydrogens (tertiary/aromatic N) is 5. The van der Waals surface area contributed by atoms with Crippen LogP contribution in [0.15, 0.2) is 48.8 Å². The average molecular weight is 335 g/mol. The highest BCUT2D eigenvalue weighted by Crippen LogP contribution is 2.19. The first-order chi connectivity index (χ1) is 12.2. The number of pyridine rings is 1. The fourth-order valence-corrected chi connectivity index (χ4v) is 3.25. The summed E-state index contributed by atoms with van der Waals surface area (Å²) in [5.74, 6) is 1.75. The van der Waals surface area contributed by atoms with E-state index >= 15 is 0 Å². The highest BCUT2D eigenvalue weighted by molar-refractivity contribution is 5.81. The van der Waals surface area contributed by atoms with E-state index in [1.54, 1.807) is 6.33 Å². The van der Waals surface area contributed by atoms with Crippen LogP contribution in [0.3, 0.4) is 0 Å². The summed E-state index contributed by atoms with van der Waals surface area (Å²) in [5.41, 5.74) is 1.95. The number of aromatic nitrogens is 3. The molecule has 3 aromatic rings. The quantitative estimate of drug-likeness (QED) is 0.735. The van der Waals surface area contributed by atoms with Crippen LogP contribution in [0.5, 0.6) is 0 Å². The summed E-state index contributed by atoms with van der Waals surface area (Å²) in [6.07, 6.45) is 4.00. The predicted octanol–water partition coefficient (Wildman–Crippen LogP) is 2.48. The molecule has 0 aliphatic carbocycles. The fraction of sp³-hybridized carbons (Fsp3) is 0.316. The van der Waals surface area contributed by atoms with Crippen molar-refractivity contribution in [1.82, 2.24) is 19.4 Å². The average Bonchev–Trinajstić information content (AvgIpc) is 3.31. The number of benzene rings is 1. The van der Waals surface area contributed by atoms with Crippen molar-refractivity contribution in [2.24, 2.45) is 0 Å². The molecule has 3 heterocycles. The Hall–Kier alpha value is -2.89. The molecule has 1 fully saturated rings. The lowest BCUT2D eigenvalue weighted by atomic mass is 10.3. The van der Waals surface area contributed by atoms with Gasteiger partial charge in [0.05, 0.1) is 17.6 Å². The second-order valence-electron chi connectivity index (χ2n) is 6.40. The van der Waals surface area contributed by atoms with Gasteiger partial charge in [0.15, 0.2) is 0 Å². The van der Waals surface area contributed by atoms with Gasteiger partial charge in [-0.05, 0) is 37.1 Å². The lowest BCUT2D eigenvalue weighted by Gasteiger charge is -2.22. The molecule has 1 amide bonds.